The highest BCUT2D eigenvalue weighted by molar-refractivity contribution is 6.34. The van der Waals surface area contributed by atoms with Crippen LogP contribution in [0.4, 0.5) is 5.82 Å². The smallest absolute Gasteiger partial charge is 0.258 e. The lowest BCUT2D eigenvalue weighted by atomic mass is 10.2. The van der Waals surface area contributed by atoms with E-state index in [0.717, 1.165) is 11.3 Å². The van der Waals surface area contributed by atoms with E-state index in [1.165, 1.54) is 0 Å². The normalized spacial score (nSPS) is 10.9. The Bertz CT molecular complexity index is 970. The highest BCUT2D eigenvalue weighted by atomic mass is 35.5. The van der Waals surface area contributed by atoms with Gasteiger partial charge in [-0.25, -0.2) is 0 Å². The highest BCUT2D eigenvalue weighted by Gasteiger charge is 2.12. The molecule has 28 heavy (non-hydrogen) atoms. The first-order valence-electron chi connectivity index (χ1n) is 8.93. The minimum Gasteiger partial charge on any atom is -0.493 e. The molecule has 0 unspecified atom stereocenters. The predicted molar refractivity (Wildman–Crippen MR) is 113 cm³/mol. The van der Waals surface area contributed by atoms with Crippen molar-refractivity contribution in [2.24, 2.45) is 5.92 Å². The lowest BCUT2D eigenvalue weighted by Crippen LogP contribution is -2.13. The molecule has 0 aliphatic rings. The molecule has 0 fully saturated rings. The Morgan fingerprint density at radius 3 is 2.71 bits per heavy atom. The minimum atomic E-state index is -0.306. The molecule has 7 heteroatoms. The molecule has 0 bridgehead atoms. The fraction of sp³-hybridized carbons (Fsp3) is 0.238. The Morgan fingerprint density at radius 2 is 1.96 bits per heavy atom. The van der Waals surface area contributed by atoms with Crippen molar-refractivity contribution in [1.82, 2.24) is 9.78 Å². The van der Waals surface area contributed by atoms with E-state index in [9.17, 15) is 4.79 Å². The van der Waals surface area contributed by atoms with Crippen molar-refractivity contribution in [3.8, 4) is 5.75 Å². The number of amides is 1. The van der Waals surface area contributed by atoms with Crippen LogP contribution < -0.4 is 10.1 Å². The molecule has 0 radical (unpaired) electrons. The number of hydrogen-bond donors (Lipinski definition) is 1. The van der Waals surface area contributed by atoms with E-state index in [4.69, 9.17) is 27.9 Å². The number of benzene rings is 2. The van der Waals surface area contributed by atoms with Gasteiger partial charge in [0.15, 0.2) is 5.82 Å². The largest absolute Gasteiger partial charge is 0.493 e. The molecule has 1 amide bonds. The van der Waals surface area contributed by atoms with Crippen molar-refractivity contribution >= 4 is 34.9 Å². The van der Waals surface area contributed by atoms with Gasteiger partial charge in [-0.1, -0.05) is 49.2 Å². The third kappa shape index (κ3) is 5.27. The molecule has 0 atom stereocenters. The first-order chi connectivity index (χ1) is 13.4. The molecule has 3 aromatic rings. The summed E-state index contributed by atoms with van der Waals surface area (Å²) in [5, 5.41) is 8.19. The van der Waals surface area contributed by atoms with Crippen LogP contribution in [0, 0.1) is 5.92 Å². The van der Waals surface area contributed by atoms with Crippen LogP contribution in [0.5, 0.6) is 5.75 Å². The van der Waals surface area contributed by atoms with Crippen LogP contribution in [0.1, 0.15) is 29.8 Å². The minimum absolute atomic E-state index is 0.306. The molecule has 1 heterocycles. The zero-order valence-electron chi connectivity index (χ0n) is 15.7. The van der Waals surface area contributed by atoms with Gasteiger partial charge >= 0.3 is 0 Å². The van der Waals surface area contributed by atoms with Crippen molar-refractivity contribution in [2.45, 2.75) is 20.4 Å². The molecule has 0 spiro atoms. The second kappa shape index (κ2) is 9.13. The van der Waals surface area contributed by atoms with Gasteiger partial charge in [0.05, 0.1) is 23.7 Å². The van der Waals surface area contributed by atoms with Gasteiger partial charge in [0.25, 0.3) is 5.91 Å². The first-order valence-corrected chi connectivity index (χ1v) is 9.68. The number of ether oxygens (including phenoxy) is 1. The van der Waals surface area contributed by atoms with Crippen LogP contribution in [-0.4, -0.2) is 22.3 Å². The van der Waals surface area contributed by atoms with Crippen LogP contribution in [0.3, 0.4) is 0 Å². The van der Waals surface area contributed by atoms with Gasteiger partial charge in [-0.2, -0.15) is 5.10 Å². The van der Waals surface area contributed by atoms with E-state index in [-0.39, 0.29) is 5.91 Å². The van der Waals surface area contributed by atoms with Crippen LogP contribution in [-0.2, 0) is 6.54 Å². The standard InChI is InChI=1S/C21H21Cl2N3O2/c1-14(2)13-28-19-8-7-16(22)11-15(19)12-26-10-9-20(25-26)24-21(27)17-5-3-4-6-18(17)23/h3-11,14H,12-13H2,1-2H3,(H,24,25,27). The van der Waals surface area contributed by atoms with Crippen molar-refractivity contribution in [3.05, 3.63) is 75.9 Å². The SMILES string of the molecule is CC(C)COc1ccc(Cl)cc1Cn1ccc(NC(=O)c2ccccc2Cl)n1. The first kappa shape index (κ1) is 20.2. The number of carbonyl (C=O) groups excluding carboxylic acids is 1. The summed E-state index contributed by atoms with van der Waals surface area (Å²) in [6, 6.07) is 14.1. The Labute approximate surface area is 174 Å². The maximum Gasteiger partial charge on any atom is 0.258 e. The fourth-order valence-electron chi connectivity index (χ4n) is 2.59. The number of carbonyl (C=O) groups is 1. The van der Waals surface area contributed by atoms with Gasteiger partial charge in [0.2, 0.25) is 0 Å². The number of anilines is 1. The van der Waals surface area contributed by atoms with E-state index >= 15 is 0 Å². The molecule has 0 aliphatic heterocycles. The van der Waals surface area contributed by atoms with Crippen molar-refractivity contribution in [3.63, 3.8) is 0 Å². The summed E-state index contributed by atoms with van der Waals surface area (Å²) in [4.78, 5) is 12.4. The lowest BCUT2D eigenvalue weighted by Gasteiger charge is -2.13. The Kier molecular flexibility index (Phi) is 6.60. The summed E-state index contributed by atoms with van der Waals surface area (Å²) in [6.45, 7) is 5.27. The average molecular weight is 418 g/mol. The molecule has 3 rings (SSSR count). The number of nitrogens with zero attached hydrogens (tertiary/aromatic N) is 2. The van der Waals surface area contributed by atoms with Gasteiger partial charge in [-0.05, 0) is 36.2 Å². The van der Waals surface area contributed by atoms with E-state index in [1.807, 2.05) is 12.1 Å². The highest BCUT2D eigenvalue weighted by Crippen LogP contribution is 2.25. The third-order valence-corrected chi connectivity index (χ3v) is 4.49. The molecule has 1 N–H and O–H groups in total. The Morgan fingerprint density at radius 1 is 1.18 bits per heavy atom. The van der Waals surface area contributed by atoms with Crippen molar-refractivity contribution in [2.75, 3.05) is 11.9 Å². The van der Waals surface area contributed by atoms with Gasteiger partial charge in [-0.15, -0.1) is 0 Å². The number of rotatable bonds is 7. The summed E-state index contributed by atoms with van der Waals surface area (Å²) in [5.41, 5.74) is 1.32. The molecular formula is C21H21Cl2N3O2. The van der Waals surface area contributed by atoms with Crippen LogP contribution in [0.2, 0.25) is 10.0 Å². The maximum absolute atomic E-state index is 12.4. The van der Waals surface area contributed by atoms with E-state index in [2.05, 4.69) is 24.3 Å². The monoisotopic (exact) mass is 417 g/mol. The summed E-state index contributed by atoms with van der Waals surface area (Å²) >= 11 is 12.2. The summed E-state index contributed by atoms with van der Waals surface area (Å²) in [7, 11) is 0. The van der Waals surface area contributed by atoms with Crippen molar-refractivity contribution in [1.29, 1.82) is 0 Å². The molecule has 2 aromatic carbocycles. The molecule has 0 saturated heterocycles. The molecular weight excluding hydrogens is 397 g/mol. The maximum atomic E-state index is 12.4. The van der Waals surface area contributed by atoms with Gasteiger partial charge in [-0.3, -0.25) is 9.48 Å². The predicted octanol–water partition coefficient (Wildman–Crippen LogP) is 5.53. The number of hydrogen-bond acceptors (Lipinski definition) is 3. The van der Waals surface area contributed by atoms with E-state index in [0.29, 0.717) is 40.5 Å². The average Bonchev–Trinajstić information content (AvgIpc) is 3.08. The van der Waals surface area contributed by atoms with Crippen LogP contribution in [0.25, 0.3) is 0 Å². The summed E-state index contributed by atoms with van der Waals surface area (Å²) in [6.07, 6.45) is 1.79. The Hall–Kier alpha value is -2.50. The van der Waals surface area contributed by atoms with Gasteiger partial charge in [0, 0.05) is 22.8 Å². The fourth-order valence-corrected chi connectivity index (χ4v) is 3.01. The number of aromatic nitrogens is 2. The zero-order valence-corrected chi connectivity index (χ0v) is 17.2. The molecule has 1 aromatic heterocycles. The summed E-state index contributed by atoms with van der Waals surface area (Å²) in [5.74, 6) is 1.33. The quantitative estimate of drug-likeness (QED) is 0.549. The topological polar surface area (TPSA) is 56.1 Å². The number of nitrogens with one attached hydrogen (secondary N) is 1. The third-order valence-electron chi connectivity index (χ3n) is 3.93. The Balaban J connectivity index is 1.72. The molecule has 0 aliphatic carbocycles. The van der Waals surface area contributed by atoms with Crippen molar-refractivity contribution < 1.29 is 9.53 Å². The van der Waals surface area contributed by atoms with Gasteiger partial charge < -0.3 is 10.1 Å². The van der Waals surface area contributed by atoms with Gasteiger partial charge in [0.1, 0.15) is 5.75 Å². The lowest BCUT2D eigenvalue weighted by molar-refractivity contribution is 0.102. The second-order valence-electron chi connectivity index (χ2n) is 6.79. The summed E-state index contributed by atoms with van der Waals surface area (Å²) < 4.78 is 7.60. The molecule has 5 nitrogen and oxygen atoms in total. The zero-order chi connectivity index (χ0) is 20.1. The van der Waals surface area contributed by atoms with Crippen LogP contribution >= 0.6 is 23.2 Å². The van der Waals surface area contributed by atoms with Crippen LogP contribution in [0.15, 0.2) is 54.7 Å². The van der Waals surface area contributed by atoms with E-state index < -0.39 is 0 Å². The van der Waals surface area contributed by atoms with E-state index in [1.54, 1.807) is 47.3 Å². The second-order valence-corrected chi connectivity index (χ2v) is 7.63. The molecule has 0 saturated carbocycles. The molecule has 146 valence electrons. The number of halogens is 2.